The monoisotopic (exact) mass is 265 g/mol. The number of rotatable bonds is 3. The van der Waals surface area contributed by atoms with Crippen molar-refractivity contribution in [2.75, 3.05) is 0 Å². The van der Waals surface area contributed by atoms with Gasteiger partial charge in [-0.25, -0.2) is 14.5 Å². The van der Waals surface area contributed by atoms with Crippen LogP contribution in [0.5, 0.6) is 0 Å². The summed E-state index contributed by atoms with van der Waals surface area (Å²) in [5.74, 6) is -1.05. The number of carboxylic acids is 1. The zero-order valence-electron chi connectivity index (χ0n) is 10.5. The summed E-state index contributed by atoms with van der Waals surface area (Å²) in [6.07, 6.45) is 3.11. The Bertz CT molecular complexity index is 751. The molecule has 0 fully saturated rings. The van der Waals surface area contributed by atoms with Gasteiger partial charge in [-0.05, 0) is 30.3 Å². The van der Waals surface area contributed by atoms with E-state index in [2.05, 4.69) is 10.1 Å². The summed E-state index contributed by atoms with van der Waals surface area (Å²) in [6, 6.07) is 14.8. The normalized spacial score (nSPS) is 10.4. The molecule has 2 heterocycles. The Morgan fingerprint density at radius 3 is 2.55 bits per heavy atom. The van der Waals surface area contributed by atoms with Crippen molar-refractivity contribution in [1.82, 2.24) is 14.8 Å². The van der Waals surface area contributed by atoms with E-state index in [-0.39, 0.29) is 5.69 Å². The van der Waals surface area contributed by atoms with Crippen molar-refractivity contribution in [3.63, 3.8) is 0 Å². The van der Waals surface area contributed by atoms with Gasteiger partial charge in [0, 0.05) is 11.8 Å². The molecule has 0 amide bonds. The van der Waals surface area contributed by atoms with Gasteiger partial charge < -0.3 is 5.11 Å². The highest BCUT2D eigenvalue weighted by atomic mass is 16.4. The number of benzene rings is 1. The molecule has 1 N–H and O–H groups in total. The van der Waals surface area contributed by atoms with E-state index in [0.29, 0.717) is 11.3 Å². The maximum atomic E-state index is 11.3. The zero-order chi connectivity index (χ0) is 13.9. The molecule has 98 valence electrons. The zero-order valence-corrected chi connectivity index (χ0v) is 10.5. The van der Waals surface area contributed by atoms with Crippen molar-refractivity contribution in [1.29, 1.82) is 0 Å². The van der Waals surface area contributed by atoms with Crippen LogP contribution in [0.4, 0.5) is 0 Å². The van der Waals surface area contributed by atoms with Crippen LogP contribution in [0, 0.1) is 0 Å². The lowest BCUT2D eigenvalue weighted by Crippen LogP contribution is -2.06. The summed E-state index contributed by atoms with van der Waals surface area (Å²) in [6.45, 7) is 0. The second kappa shape index (κ2) is 4.97. The van der Waals surface area contributed by atoms with Gasteiger partial charge >= 0.3 is 5.97 Å². The first-order valence-corrected chi connectivity index (χ1v) is 6.05. The smallest absolute Gasteiger partial charge is 0.355 e. The highest BCUT2D eigenvalue weighted by Gasteiger charge is 2.16. The minimum Gasteiger partial charge on any atom is -0.476 e. The topological polar surface area (TPSA) is 68.0 Å². The fourth-order valence-corrected chi connectivity index (χ4v) is 2.06. The van der Waals surface area contributed by atoms with E-state index in [0.717, 1.165) is 5.69 Å². The van der Waals surface area contributed by atoms with Crippen LogP contribution in [0.1, 0.15) is 10.5 Å². The average Bonchev–Trinajstić information content (AvgIpc) is 2.97. The van der Waals surface area contributed by atoms with Gasteiger partial charge in [0.15, 0.2) is 5.69 Å². The Hall–Kier alpha value is -2.95. The Morgan fingerprint density at radius 1 is 1.00 bits per heavy atom. The van der Waals surface area contributed by atoms with Crippen molar-refractivity contribution in [3.8, 4) is 16.9 Å². The summed E-state index contributed by atoms with van der Waals surface area (Å²) >= 11 is 0. The molecular formula is C15H11N3O2. The Balaban J connectivity index is 2.18. The molecular weight excluding hydrogens is 254 g/mol. The van der Waals surface area contributed by atoms with Crippen molar-refractivity contribution in [2.24, 2.45) is 0 Å². The molecule has 5 heteroatoms. The number of aromatic carboxylic acids is 1. The molecule has 1 aromatic carbocycles. The van der Waals surface area contributed by atoms with Gasteiger partial charge in [0.2, 0.25) is 0 Å². The lowest BCUT2D eigenvalue weighted by molar-refractivity contribution is 0.0691. The van der Waals surface area contributed by atoms with Crippen molar-refractivity contribution < 1.29 is 9.90 Å². The lowest BCUT2D eigenvalue weighted by Gasteiger charge is -2.09. The molecule has 0 spiro atoms. The Labute approximate surface area is 115 Å². The number of carbonyl (C=O) groups is 1. The van der Waals surface area contributed by atoms with Crippen LogP contribution >= 0.6 is 0 Å². The minimum absolute atomic E-state index is 0.0187. The predicted octanol–water partition coefficient (Wildman–Crippen LogP) is 2.63. The van der Waals surface area contributed by atoms with Crippen LogP contribution in [-0.2, 0) is 0 Å². The summed E-state index contributed by atoms with van der Waals surface area (Å²) in [5.41, 5.74) is 2.13. The van der Waals surface area contributed by atoms with E-state index in [1.807, 2.05) is 30.3 Å². The van der Waals surface area contributed by atoms with Gasteiger partial charge in [-0.1, -0.05) is 18.2 Å². The first-order chi connectivity index (χ1) is 9.77. The Morgan fingerprint density at radius 2 is 1.80 bits per heavy atom. The van der Waals surface area contributed by atoms with Crippen LogP contribution in [0.15, 0.2) is 60.9 Å². The van der Waals surface area contributed by atoms with Gasteiger partial charge in [-0.2, -0.15) is 5.10 Å². The van der Waals surface area contributed by atoms with E-state index in [9.17, 15) is 9.90 Å². The van der Waals surface area contributed by atoms with Gasteiger partial charge in [0.05, 0.1) is 17.6 Å². The van der Waals surface area contributed by atoms with Crippen molar-refractivity contribution >= 4 is 5.97 Å². The molecule has 0 aliphatic heterocycles. The summed E-state index contributed by atoms with van der Waals surface area (Å²) < 4.78 is 1.70. The van der Waals surface area contributed by atoms with Gasteiger partial charge in [0.25, 0.3) is 0 Å². The first-order valence-electron chi connectivity index (χ1n) is 6.05. The number of hydrogen-bond acceptors (Lipinski definition) is 3. The van der Waals surface area contributed by atoms with E-state index in [1.54, 1.807) is 29.1 Å². The largest absolute Gasteiger partial charge is 0.476 e. The van der Waals surface area contributed by atoms with Crippen molar-refractivity contribution in [3.05, 3.63) is 66.6 Å². The molecule has 0 bridgehead atoms. The van der Waals surface area contributed by atoms with E-state index in [1.165, 1.54) is 6.20 Å². The van der Waals surface area contributed by atoms with Gasteiger partial charge in [0.1, 0.15) is 0 Å². The summed E-state index contributed by atoms with van der Waals surface area (Å²) in [5, 5.41) is 13.5. The molecule has 0 atom stereocenters. The number of carboxylic acid groups (broad SMARTS) is 1. The molecule has 3 aromatic rings. The van der Waals surface area contributed by atoms with Crippen LogP contribution in [0.3, 0.4) is 0 Å². The quantitative estimate of drug-likeness (QED) is 0.790. The van der Waals surface area contributed by atoms with Crippen LogP contribution in [0.25, 0.3) is 16.9 Å². The molecule has 0 aliphatic carbocycles. The number of hydrogen-bond donors (Lipinski definition) is 1. The fraction of sp³-hybridized carbons (Fsp3) is 0. The molecule has 0 radical (unpaired) electrons. The van der Waals surface area contributed by atoms with Gasteiger partial charge in [-0.15, -0.1) is 0 Å². The predicted molar refractivity (Wildman–Crippen MR) is 73.8 cm³/mol. The lowest BCUT2D eigenvalue weighted by atomic mass is 10.1. The summed E-state index contributed by atoms with van der Waals surface area (Å²) in [4.78, 5) is 15.2. The molecule has 3 rings (SSSR count). The average molecular weight is 265 g/mol. The number of aromatic nitrogens is 3. The third kappa shape index (κ3) is 2.05. The van der Waals surface area contributed by atoms with E-state index < -0.39 is 5.97 Å². The highest BCUT2D eigenvalue weighted by Crippen LogP contribution is 2.24. The van der Waals surface area contributed by atoms with Crippen LogP contribution < -0.4 is 0 Å². The molecule has 0 unspecified atom stereocenters. The van der Waals surface area contributed by atoms with E-state index >= 15 is 0 Å². The molecule has 5 nitrogen and oxygen atoms in total. The number of para-hydroxylation sites is 1. The Kier molecular flexibility index (Phi) is 3.01. The molecule has 0 saturated carbocycles. The first kappa shape index (κ1) is 12.1. The third-order valence-corrected chi connectivity index (χ3v) is 2.93. The van der Waals surface area contributed by atoms with Gasteiger partial charge in [-0.3, -0.25) is 0 Å². The second-order valence-electron chi connectivity index (χ2n) is 4.17. The standard InChI is InChI=1S/C15H11N3O2/c19-15(20)14-12(7-4-9-16-14)13-8-10-17-18(13)11-5-2-1-3-6-11/h1-10H,(H,19,20). The molecule has 2 aromatic heterocycles. The minimum atomic E-state index is -1.05. The number of pyridine rings is 1. The maximum absolute atomic E-state index is 11.3. The fourth-order valence-electron chi connectivity index (χ4n) is 2.06. The maximum Gasteiger partial charge on any atom is 0.355 e. The third-order valence-electron chi connectivity index (χ3n) is 2.93. The highest BCUT2D eigenvalue weighted by molar-refractivity contribution is 5.93. The molecule has 0 saturated heterocycles. The van der Waals surface area contributed by atoms with Crippen LogP contribution in [-0.4, -0.2) is 25.8 Å². The SMILES string of the molecule is O=C(O)c1ncccc1-c1ccnn1-c1ccccc1. The summed E-state index contributed by atoms with van der Waals surface area (Å²) in [7, 11) is 0. The number of nitrogens with zero attached hydrogens (tertiary/aromatic N) is 3. The molecule has 20 heavy (non-hydrogen) atoms. The molecule has 0 aliphatic rings. The van der Waals surface area contributed by atoms with Crippen molar-refractivity contribution in [2.45, 2.75) is 0 Å². The van der Waals surface area contributed by atoms with Crippen LogP contribution in [0.2, 0.25) is 0 Å². The second-order valence-corrected chi connectivity index (χ2v) is 4.17. The van der Waals surface area contributed by atoms with E-state index in [4.69, 9.17) is 0 Å².